The summed E-state index contributed by atoms with van der Waals surface area (Å²) in [6.45, 7) is 4.72. The summed E-state index contributed by atoms with van der Waals surface area (Å²) in [6, 6.07) is 5.11. The van der Waals surface area contributed by atoms with Gasteiger partial charge in [0.25, 0.3) is 5.91 Å². The first-order chi connectivity index (χ1) is 14.5. The third-order valence-corrected chi connectivity index (χ3v) is 5.50. The van der Waals surface area contributed by atoms with E-state index in [2.05, 4.69) is 4.98 Å². The maximum absolute atomic E-state index is 13.0. The molecule has 7 nitrogen and oxygen atoms in total. The number of carbonyl (C=O) groups is 1. The van der Waals surface area contributed by atoms with Gasteiger partial charge in [0.05, 0.1) is 38.2 Å². The number of aryl methyl sites for hydroxylation is 1. The molecule has 2 aromatic rings. The van der Waals surface area contributed by atoms with E-state index in [9.17, 15) is 4.79 Å². The number of carbonyl (C=O) groups excluding carboxylic acids is 1. The molecule has 1 saturated heterocycles. The molecule has 1 fully saturated rings. The van der Waals surface area contributed by atoms with Gasteiger partial charge in [0.1, 0.15) is 11.6 Å². The number of methoxy groups -OCH3 is 2. The van der Waals surface area contributed by atoms with Crippen LogP contribution in [0.5, 0.6) is 5.75 Å². The van der Waals surface area contributed by atoms with Crippen molar-refractivity contribution in [2.75, 3.05) is 40.5 Å². The highest BCUT2D eigenvalue weighted by atomic mass is 35.5. The highest BCUT2D eigenvalue weighted by Crippen LogP contribution is 2.31. The molecule has 0 saturated carbocycles. The van der Waals surface area contributed by atoms with Crippen molar-refractivity contribution in [3.63, 3.8) is 0 Å². The van der Waals surface area contributed by atoms with Crippen molar-refractivity contribution in [1.82, 2.24) is 14.9 Å². The Bertz CT molecular complexity index is 869. The molecule has 8 heteroatoms. The van der Waals surface area contributed by atoms with Crippen LogP contribution in [0.1, 0.15) is 46.2 Å². The first kappa shape index (κ1) is 22.5. The SMILES string of the molecule is COCCOCc1cnc(C)nc1C1CCN(C(=O)c2cc(Cl)ccc2OC)CC1. The van der Waals surface area contributed by atoms with E-state index in [1.807, 2.05) is 18.0 Å². The summed E-state index contributed by atoms with van der Waals surface area (Å²) in [7, 11) is 3.21. The topological polar surface area (TPSA) is 73.8 Å². The van der Waals surface area contributed by atoms with Gasteiger partial charge in [0, 0.05) is 42.9 Å². The summed E-state index contributed by atoms with van der Waals surface area (Å²) in [6.07, 6.45) is 3.51. The Morgan fingerprint density at radius 2 is 2.00 bits per heavy atom. The van der Waals surface area contributed by atoms with Gasteiger partial charge in [-0.05, 0) is 38.0 Å². The average Bonchev–Trinajstić information content (AvgIpc) is 2.77. The van der Waals surface area contributed by atoms with Crippen molar-refractivity contribution >= 4 is 17.5 Å². The molecular weight excluding hydrogens is 406 g/mol. The van der Waals surface area contributed by atoms with Crippen LogP contribution in [0.15, 0.2) is 24.4 Å². The molecule has 0 unspecified atom stereocenters. The minimum atomic E-state index is -0.0604. The van der Waals surface area contributed by atoms with Crippen LogP contribution in [0.3, 0.4) is 0 Å². The summed E-state index contributed by atoms with van der Waals surface area (Å²) in [4.78, 5) is 23.9. The molecule has 0 radical (unpaired) electrons. The minimum Gasteiger partial charge on any atom is -0.496 e. The summed E-state index contributed by atoms with van der Waals surface area (Å²) in [5, 5.41) is 0.517. The van der Waals surface area contributed by atoms with Crippen LogP contribution in [0, 0.1) is 6.92 Å². The van der Waals surface area contributed by atoms with Gasteiger partial charge in [-0.25, -0.2) is 9.97 Å². The second-order valence-corrected chi connectivity index (χ2v) is 7.72. The predicted octanol–water partition coefficient (Wildman–Crippen LogP) is 3.63. The predicted molar refractivity (Wildman–Crippen MR) is 114 cm³/mol. The third kappa shape index (κ3) is 5.47. The summed E-state index contributed by atoms with van der Waals surface area (Å²) in [5.74, 6) is 1.48. The highest BCUT2D eigenvalue weighted by molar-refractivity contribution is 6.31. The first-order valence-corrected chi connectivity index (χ1v) is 10.4. The molecule has 30 heavy (non-hydrogen) atoms. The van der Waals surface area contributed by atoms with E-state index in [1.165, 1.54) is 0 Å². The molecule has 0 aliphatic carbocycles. The van der Waals surface area contributed by atoms with Gasteiger partial charge in [-0.1, -0.05) is 11.6 Å². The van der Waals surface area contributed by atoms with Gasteiger partial charge in [0.2, 0.25) is 0 Å². The number of likely N-dealkylation sites (tertiary alicyclic amines) is 1. The highest BCUT2D eigenvalue weighted by Gasteiger charge is 2.28. The van der Waals surface area contributed by atoms with E-state index in [1.54, 1.807) is 32.4 Å². The number of hydrogen-bond donors (Lipinski definition) is 0. The number of rotatable bonds is 8. The quantitative estimate of drug-likeness (QED) is 0.592. The zero-order valence-corrected chi connectivity index (χ0v) is 18.4. The van der Waals surface area contributed by atoms with Crippen LogP contribution in [0.25, 0.3) is 0 Å². The zero-order valence-electron chi connectivity index (χ0n) is 17.7. The molecule has 0 spiro atoms. The maximum atomic E-state index is 13.0. The van der Waals surface area contributed by atoms with Crippen molar-refractivity contribution in [2.45, 2.75) is 32.3 Å². The van der Waals surface area contributed by atoms with Crippen LogP contribution in [0.4, 0.5) is 0 Å². The number of piperidine rings is 1. The lowest BCUT2D eigenvalue weighted by Gasteiger charge is -2.33. The Morgan fingerprint density at radius 1 is 1.23 bits per heavy atom. The monoisotopic (exact) mass is 433 g/mol. The molecule has 1 aliphatic heterocycles. The van der Waals surface area contributed by atoms with Crippen LogP contribution < -0.4 is 4.74 Å². The Kier molecular flexibility index (Phi) is 8.01. The Balaban J connectivity index is 1.68. The number of nitrogens with zero attached hydrogens (tertiary/aromatic N) is 3. The van der Waals surface area contributed by atoms with Gasteiger partial charge in [-0.3, -0.25) is 4.79 Å². The van der Waals surface area contributed by atoms with Crippen molar-refractivity contribution in [3.8, 4) is 5.75 Å². The van der Waals surface area contributed by atoms with Crippen LogP contribution in [-0.4, -0.2) is 61.3 Å². The van der Waals surface area contributed by atoms with Gasteiger partial charge >= 0.3 is 0 Å². The molecule has 0 N–H and O–H groups in total. The number of hydrogen-bond acceptors (Lipinski definition) is 6. The van der Waals surface area contributed by atoms with Crippen LogP contribution >= 0.6 is 11.6 Å². The number of benzene rings is 1. The van der Waals surface area contributed by atoms with Crippen molar-refractivity contribution in [1.29, 1.82) is 0 Å². The van der Waals surface area contributed by atoms with Gasteiger partial charge in [0.15, 0.2) is 0 Å². The van der Waals surface area contributed by atoms with E-state index in [0.29, 0.717) is 49.2 Å². The molecule has 3 rings (SSSR count). The average molecular weight is 434 g/mol. The first-order valence-electron chi connectivity index (χ1n) is 10.1. The van der Waals surface area contributed by atoms with Crippen molar-refractivity contribution in [3.05, 3.63) is 52.1 Å². The molecule has 2 heterocycles. The fraction of sp³-hybridized carbons (Fsp3) is 0.500. The molecule has 162 valence electrons. The maximum Gasteiger partial charge on any atom is 0.257 e. The fourth-order valence-electron chi connectivity index (χ4n) is 3.68. The normalized spacial score (nSPS) is 14.7. The number of amides is 1. The van der Waals surface area contributed by atoms with E-state index in [0.717, 1.165) is 29.9 Å². The Morgan fingerprint density at radius 3 is 2.70 bits per heavy atom. The standard InChI is InChI=1S/C22H28ClN3O4/c1-15-24-13-17(14-30-11-10-28-2)21(25-15)16-6-8-26(9-7-16)22(27)19-12-18(23)4-5-20(19)29-3/h4-5,12-13,16H,6-11,14H2,1-3H3. The molecule has 0 bridgehead atoms. The van der Waals surface area contributed by atoms with E-state index in [-0.39, 0.29) is 11.8 Å². The summed E-state index contributed by atoms with van der Waals surface area (Å²) < 4.78 is 16.1. The summed E-state index contributed by atoms with van der Waals surface area (Å²) in [5.41, 5.74) is 2.51. The number of ether oxygens (including phenoxy) is 3. The van der Waals surface area contributed by atoms with Crippen LogP contribution in [-0.2, 0) is 16.1 Å². The van der Waals surface area contributed by atoms with E-state index >= 15 is 0 Å². The smallest absolute Gasteiger partial charge is 0.257 e. The summed E-state index contributed by atoms with van der Waals surface area (Å²) >= 11 is 6.09. The second kappa shape index (κ2) is 10.7. The molecule has 1 aromatic heterocycles. The zero-order chi connectivity index (χ0) is 21.5. The molecule has 1 aliphatic rings. The van der Waals surface area contributed by atoms with Gasteiger partial charge in [-0.15, -0.1) is 0 Å². The molecular formula is C22H28ClN3O4. The third-order valence-electron chi connectivity index (χ3n) is 5.27. The van der Waals surface area contributed by atoms with E-state index in [4.69, 9.17) is 30.8 Å². The van der Waals surface area contributed by atoms with Crippen molar-refractivity contribution < 1.29 is 19.0 Å². The van der Waals surface area contributed by atoms with Gasteiger partial charge < -0.3 is 19.1 Å². The lowest BCUT2D eigenvalue weighted by atomic mass is 9.90. The molecule has 0 atom stereocenters. The van der Waals surface area contributed by atoms with Crippen LogP contribution in [0.2, 0.25) is 5.02 Å². The van der Waals surface area contributed by atoms with Gasteiger partial charge in [-0.2, -0.15) is 0 Å². The van der Waals surface area contributed by atoms with Crippen molar-refractivity contribution in [2.24, 2.45) is 0 Å². The number of aromatic nitrogens is 2. The number of halogens is 1. The molecule has 1 aromatic carbocycles. The second-order valence-electron chi connectivity index (χ2n) is 7.28. The fourth-order valence-corrected chi connectivity index (χ4v) is 3.85. The Hall–Kier alpha value is -2.22. The lowest BCUT2D eigenvalue weighted by molar-refractivity contribution is 0.0604. The molecule has 1 amide bonds. The lowest BCUT2D eigenvalue weighted by Crippen LogP contribution is -2.38. The largest absolute Gasteiger partial charge is 0.496 e. The Labute approximate surface area is 182 Å². The van der Waals surface area contributed by atoms with E-state index < -0.39 is 0 Å². The minimum absolute atomic E-state index is 0.0604.